The Morgan fingerprint density at radius 3 is 1.88 bits per heavy atom. The zero-order valence-corrected chi connectivity index (χ0v) is 12.6. The van der Waals surface area contributed by atoms with E-state index in [1.165, 1.54) is 0 Å². The SMILES string of the molecule is CC(C)C(CNCC(=O)NC(C)(C)C)C(C)C. The molecule has 0 aromatic rings. The van der Waals surface area contributed by atoms with Gasteiger partial charge in [0.2, 0.25) is 5.91 Å². The average molecular weight is 242 g/mol. The molecule has 0 aliphatic rings. The second-order valence-corrected chi connectivity index (χ2v) is 6.58. The predicted molar refractivity (Wildman–Crippen MR) is 73.9 cm³/mol. The summed E-state index contributed by atoms with van der Waals surface area (Å²) >= 11 is 0. The average Bonchev–Trinajstić information content (AvgIpc) is 2.07. The standard InChI is InChI=1S/C14H30N2O/c1-10(2)12(11(3)4)8-15-9-13(17)16-14(5,6)7/h10-12,15H,8-9H2,1-7H3,(H,16,17). The van der Waals surface area contributed by atoms with Crippen molar-refractivity contribution in [2.45, 2.75) is 54.0 Å². The molecule has 0 spiro atoms. The summed E-state index contributed by atoms with van der Waals surface area (Å²) in [5.74, 6) is 1.99. The van der Waals surface area contributed by atoms with E-state index in [0.717, 1.165) is 6.54 Å². The summed E-state index contributed by atoms with van der Waals surface area (Å²) in [4.78, 5) is 11.6. The van der Waals surface area contributed by atoms with Crippen LogP contribution in [0.15, 0.2) is 0 Å². The van der Waals surface area contributed by atoms with Gasteiger partial charge in [0.05, 0.1) is 6.54 Å². The minimum atomic E-state index is -0.145. The summed E-state index contributed by atoms with van der Waals surface area (Å²) in [5, 5.41) is 6.21. The highest BCUT2D eigenvalue weighted by Gasteiger charge is 2.18. The zero-order chi connectivity index (χ0) is 13.6. The van der Waals surface area contributed by atoms with Crippen molar-refractivity contribution in [1.29, 1.82) is 0 Å². The molecule has 0 aliphatic heterocycles. The maximum atomic E-state index is 11.6. The molecule has 0 unspecified atom stereocenters. The fourth-order valence-electron chi connectivity index (χ4n) is 2.06. The summed E-state index contributed by atoms with van der Waals surface area (Å²) in [6, 6.07) is 0. The second-order valence-electron chi connectivity index (χ2n) is 6.58. The lowest BCUT2D eigenvalue weighted by Crippen LogP contribution is -2.45. The van der Waals surface area contributed by atoms with E-state index in [0.29, 0.717) is 24.3 Å². The first kappa shape index (κ1) is 16.4. The van der Waals surface area contributed by atoms with Gasteiger partial charge in [-0.05, 0) is 45.1 Å². The third-order valence-corrected chi connectivity index (χ3v) is 2.89. The van der Waals surface area contributed by atoms with Crippen molar-refractivity contribution < 1.29 is 4.79 Å². The van der Waals surface area contributed by atoms with Crippen LogP contribution >= 0.6 is 0 Å². The molecule has 0 radical (unpaired) electrons. The molecule has 3 heteroatoms. The Morgan fingerprint density at radius 1 is 1.06 bits per heavy atom. The molecule has 3 nitrogen and oxygen atoms in total. The maximum absolute atomic E-state index is 11.6. The van der Waals surface area contributed by atoms with Crippen molar-refractivity contribution in [2.24, 2.45) is 17.8 Å². The number of carbonyl (C=O) groups is 1. The maximum Gasteiger partial charge on any atom is 0.234 e. The summed E-state index contributed by atoms with van der Waals surface area (Å²) in [6.45, 7) is 16.3. The summed E-state index contributed by atoms with van der Waals surface area (Å²) < 4.78 is 0. The van der Waals surface area contributed by atoms with E-state index in [2.05, 4.69) is 38.3 Å². The Labute approximate surface area is 107 Å². The Morgan fingerprint density at radius 2 is 1.53 bits per heavy atom. The quantitative estimate of drug-likeness (QED) is 0.751. The van der Waals surface area contributed by atoms with Crippen molar-refractivity contribution in [2.75, 3.05) is 13.1 Å². The van der Waals surface area contributed by atoms with E-state index in [9.17, 15) is 4.79 Å². The number of rotatable bonds is 6. The predicted octanol–water partition coefficient (Wildman–Crippen LogP) is 2.42. The van der Waals surface area contributed by atoms with Crippen LogP contribution < -0.4 is 10.6 Å². The van der Waals surface area contributed by atoms with Gasteiger partial charge in [0.1, 0.15) is 0 Å². The molecule has 0 atom stereocenters. The molecule has 0 saturated heterocycles. The van der Waals surface area contributed by atoms with Crippen LogP contribution in [0.25, 0.3) is 0 Å². The van der Waals surface area contributed by atoms with Crippen molar-refractivity contribution in [1.82, 2.24) is 10.6 Å². The van der Waals surface area contributed by atoms with Gasteiger partial charge in [-0.3, -0.25) is 4.79 Å². The Hall–Kier alpha value is -0.570. The Balaban J connectivity index is 3.93. The highest BCUT2D eigenvalue weighted by Crippen LogP contribution is 2.19. The lowest BCUT2D eigenvalue weighted by Gasteiger charge is -2.26. The van der Waals surface area contributed by atoms with Gasteiger partial charge < -0.3 is 10.6 Å². The summed E-state index contributed by atoms with van der Waals surface area (Å²) in [5.41, 5.74) is -0.145. The van der Waals surface area contributed by atoms with Crippen LogP contribution in [-0.4, -0.2) is 24.5 Å². The molecule has 0 aliphatic carbocycles. The van der Waals surface area contributed by atoms with Crippen molar-refractivity contribution >= 4 is 5.91 Å². The van der Waals surface area contributed by atoms with Crippen LogP contribution in [0.5, 0.6) is 0 Å². The molecule has 0 rings (SSSR count). The van der Waals surface area contributed by atoms with E-state index >= 15 is 0 Å². The number of hydrogen-bond donors (Lipinski definition) is 2. The molecule has 0 fully saturated rings. The smallest absolute Gasteiger partial charge is 0.234 e. The van der Waals surface area contributed by atoms with E-state index in [1.54, 1.807) is 0 Å². The highest BCUT2D eigenvalue weighted by atomic mass is 16.2. The van der Waals surface area contributed by atoms with Crippen LogP contribution in [0.3, 0.4) is 0 Å². The van der Waals surface area contributed by atoms with Crippen LogP contribution in [0.1, 0.15) is 48.5 Å². The normalized spacial score (nSPS) is 12.6. The monoisotopic (exact) mass is 242 g/mol. The van der Waals surface area contributed by atoms with E-state index in [4.69, 9.17) is 0 Å². The van der Waals surface area contributed by atoms with E-state index in [-0.39, 0.29) is 11.4 Å². The lowest BCUT2D eigenvalue weighted by atomic mass is 9.85. The van der Waals surface area contributed by atoms with Gasteiger partial charge in [-0.2, -0.15) is 0 Å². The Kier molecular flexibility index (Phi) is 6.76. The number of amides is 1. The van der Waals surface area contributed by atoms with Crippen molar-refractivity contribution in [3.8, 4) is 0 Å². The van der Waals surface area contributed by atoms with Gasteiger partial charge in [-0.1, -0.05) is 27.7 Å². The third kappa shape index (κ3) is 8.19. The number of hydrogen-bond acceptors (Lipinski definition) is 2. The first-order valence-corrected chi connectivity index (χ1v) is 6.65. The fraction of sp³-hybridized carbons (Fsp3) is 0.929. The Bertz CT molecular complexity index is 221. The molecule has 17 heavy (non-hydrogen) atoms. The first-order chi connectivity index (χ1) is 7.63. The zero-order valence-electron chi connectivity index (χ0n) is 12.6. The van der Waals surface area contributed by atoms with Crippen LogP contribution in [0.2, 0.25) is 0 Å². The molecule has 0 bridgehead atoms. The van der Waals surface area contributed by atoms with Crippen molar-refractivity contribution in [3.63, 3.8) is 0 Å². The number of nitrogens with one attached hydrogen (secondary N) is 2. The molecule has 102 valence electrons. The van der Waals surface area contributed by atoms with Crippen molar-refractivity contribution in [3.05, 3.63) is 0 Å². The second kappa shape index (κ2) is 7.00. The third-order valence-electron chi connectivity index (χ3n) is 2.89. The molecule has 0 saturated carbocycles. The molecular formula is C14H30N2O. The van der Waals surface area contributed by atoms with Crippen LogP contribution in [-0.2, 0) is 4.79 Å². The summed E-state index contributed by atoms with van der Waals surface area (Å²) in [7, 11) is 0. The lowest BCUT2D eigenvalue weighted by molar-refractivity contribution is -0.121. The van der Waals surface area contributed by atoms with Gasteiger partial charge >= 0.3 is 0 Å². The van der Waals surface area contributed by atoms with Gasteiger partial charge in [0.25, 0.3) is 0 Å². The van der Waals surface area contributed by atoms with Crippen LogP contribution in [0.4, 0.5) is 0 Å². The highest BCUT2D eigenvalue weighted by molar-refractivity contribution is 5.78. The minimum Gasteiger partial charge on any atom is -0.350 e. The minimum absolute atomic E-state index is 0.0729. The molecule has 0 aromatic carbocycles. The summed E-state index contributed by atoms with van der Waals surface area (Å²) in [6.07, 6.45) is 0. The molecule has 1 amide bonds. The largest absolute Gasteiger partial charge is 0.350 e. The van der Waals surface area contributed by atoms with Gasteiger partial charge in [0.15, 0.2) is 0 Å². The molecule has 2 N–H and O–H groups in total. The molecule has 0 heterocycles. The van der Waals surface area contributed by atoms with Gasteiger partial charge in [0, 0.05) is 5.54 Å². The number of carbonyl (C=O) groups excluding carboxylic acids is 1. The molecular weight excluding hydrogens is 212 g/mol. The topological polar surface area (TPSA) is 41.1 Å². The van der Waals surface area contributed by atoms with E-state index < -0.39 is 0 Å². The van der Waals surface area contributed by atoms with E-state index in [1.807, 2.05) is 20.8 Å². The molecule has 0 aromatic heterocycles. The fourth-order valence-corrected chi connectivity index (χ4v) is 2.06. The van der Waals surface area contributed by atoms with Gasteiger partial charge in [-0.25, -0.2) is 0 Å². The van der Waals surface area contributed by atoms with Gasteiger partial charge in [-0.15, -0.1) is 0 Å². The van der Waals surface area contributed by atoms with Crippen LogP contribution in [0, 0.1) is 17.8 Å². The first-order valence-electron chi connectivity index (χ1n) is 6.65.